The summed E-state index contributed by atoms with van der Waals surface area (Å²) in [5.74, 6) is -1.52. The summed E-state index contributed by atoms with van der Waals surface area (Å²) in [6.07, 6.45) is 4.05. The molecule has 2 aliphatic rings. The third-order valence-corrected chi connectivity index (χ3v) is 6.49. The smallest absolute Gasteiger partial charge is 0.341 e. The molecule has 0 radical (unpaired) electrons. The minimum absolute atomic E-state index is 0.0276. The Kier molecular flexibility index (Phi) is 5.29. The van der Waals surface area contributed by atoms with Crippen molar-refractivity contribution < 1.29 is 14.3 Å². The number of pyridine rings is 1. The molecule has 1 saturated heterocycles. The lowest BCUT2D eigenvalue weighted by Gasteiger charge is -2.25. The Hall–Kier alpha value is -2.12. The lowest BCUT2D eigenvalue weighted by atomic mass is 10.0. The number of carboxylic acids is 1. The molecule has 2 N–H and O–H groups in total. The van der Waals surface area contributed by atoms with Gasteiger partial charge in [0.25, 0.3) is 0 Å². The lowest BCUT2D eigenvalue weighted by Crippen LogP contribution is -2.35. The topological polar surface area (TPSA) is 74.6 Å². The second kappa shape index (κ2) is 7.61. The van der Waals surface area contributed by atoms with Gasteiger partial charge in [-0.2, -0.15) is 0 Å². The first-order valence-electron chi connectivity index (χ1n) is 10.1. The molecule has 1 aromatic heterocycles. The number of halogens is 2. The third kappa shape index (κ3) is 3.51. The maximum absolute atomic E-state index is 15.1. The number of nitrogens with one attached hydrogen (secondary N) is 1. The molecular weight excluding hydrogens is 397 g/mol. The molecule has 2 aromatic rings. The van der Waals surface area contributed by atoms with E-state index in [0.717, 1.165) is 31.9 Å². The van der Waals surface area contributed by atoms with Crippen LogP contribution >= 0.6 is 11.6 Å². The van der Waals surface area contributed by atoms with E-state index in [1.165, 1.54) is 6.20 Å². The van der Waals surface area contributed by atoms with Crippen LogP contribution in [0.15, 0.2) is 17.1 Å². The van der Waals surface area contributed by atoms with Crippen molar-refractivity contribution in [3.05, 3.63) is 38.9 Å². The normalized spacial score (nSPS) is 20.4. The first kappa shape index (κ1) is 20.2. The van der Waals surface area contributed by atoms with Crippen molar-refractivity contribution in [1.82, 2.24) is 9.88 Å². The number of fused-ring (bicyclic) bond motifs is 1. The van der Waals surface area contributed by atoms with Crippen molar-refractivity contribution in [1.29, 1.82) is 0 Å². The van der Waals surface area contributed by atoms with E-state index in [0.29, 0.717) is 36.3 Å². The average molecular weight is 422 g/mol. The van der Waals surface area contributed by atoms with Crippen molar-refractivity contribution in [2.45, 2.75) is 45.2 Å². The van der Waals surface area contributed by atoms with Crippen LogP contribution in [0.4, 0.5) is 10.1 Å². The second-order valence-corrected chi connectivity index (χ2v) is 8.45. The van der Waals surface area contributed by atoms with Crippen LogP contribution in [0, 0.1) is 11.7 Å². The molecule has 1 aromatic carbocycles. The van der Waals surface area contributed by atoms with Crippen LogP contribution < -0.4 is 15.6 Å². The number of carboxylic acid groups (broad SMARTS) is 1. The average Bonchev–Trinajstić information content (AvgIpc) is 3.40. The molecule has 8 heteroatoms. The van der Waals surface area contributed by atoms with Crippen LogP contribution in [0.3, 0.4) is 0 Å². The fourth-order valence-corrected chi connectivity index (χ4v) is 4.81. The van der Waals surface area contributed by atoms with Gasteiger partial charge >= 0.3 is 5.97 Å². The Balaban J connectivity index is 1.83. The van der Waals surface area contributed by atoms with E-state index in [1.807, 2.05) is 4.90 Å². The molecule has 1 aliphatic heterocycles. The third-order valence-electron chi connectivity index (χ3n) is 6.13. The summed E-state index contributed by atoms with van der Waals surface area (Å²) >= 11 is 6.69. The molecule has 2 fully saturated rings. The Bertz CT molecular complexity index is 1030. The molecule has 4 rings (SSSR count). The molecule has 6 nitrogen and oxygen atoms in total. The molecule has 1 unspecified atom stereocenters. The molecule has 0 spiro atoms. The van der Waals surface area contributed by atoms with Crippen molar-refractivity contribution in [3.8, 4) is 0 Å². The summed E-state index contributed by atoms with van der Waals surface area (Å²) in [7, 11) is 0. The maximum Gasteiger partial charge on any atom is 0.341 e. The number of anilines is 1. The van der Waals surface area contributed by atoms with Gasteiger partial charge in [-0.1, -0.05) is 18.5 Å². The van der Waals surface area contributed by atoms with Gasteiger partial charge in [0.1, 0.15) is 11.4 Å². The van der Waals surface area contributed by atoms with Crippen LogP contribution in [-0.4, -0.2) is 41.3 Å². The van der Waals surface area contributed by atoms with Gasteiger partial charge in [0.05, 0.1) is 21.6 Å². The van der Waals surface area contributed by atoms with Crippen LogP contribution in [-0.2, 0) is 0 Å². The van der Waals surface area contributed by atoms with Crippen molar-refractivity contribution >= 4 is 34.2 Å². The maximum atomic E-state index is 15.1. The Morgan fingerprint density at radius 1 is 1.41 bits per heavy atom. The highest BCUT2D eigenvalue weighted by molar-refractivity contribution is 6.38. The SMILES string of the molecule is CCN[C@H](C)C1CCN(c2c(F)cc3c(=O)c(C(=O)O)cn(C4CC4)c3c2Cl)C1. The van der Waals surface area contributed by atoms with Gasteiger partial charge in [0, 0.05) is 31.4 Å². The fraction of sp³-hybridized carbons (Fsp3) is 0.524. The number of carbonyl (C=O) groups is 1. The lowest BCUT2D eigenvalue weighted by molar-refractivity contribution is 0.0695. The Morgan fingerprint density at radius 2 is 2.14 bits per heavy atom. The monoisotopic (exact) mass is 421 g/mol. The van der Waals surface area contributed by atoms with E-state index >= 15 is 4.39 Å². The van der Waals surface area contributed by atoms with Crippen LogP contribution in [0.1, 0.15) is 49.5 Å². The number of aromatic nitrogens is 1. The number of hydrogen-bond acceptors (Lipinski definition) is 4. The van der Waals surface area contributed by atoms with Crippen LogP contribution in [0.2, 0.25) is 5.02 Å². The molecule has 156 valence electrons. The zero-order chi connectivity index (χ0) is 20.9. The number of benzene rings is 1. The van der Waals surface area contributed by atoms with E-state index in [4.69, 9.17) is 11.6 Å². The fourth-order valence-electron chi connectivity index (χ4n) is 4.40. The summed E-state index contributed by atoms with van der Waals surface area (Å²) in [6.45, 7) is 6.43. The molecule has 29 heavy (non-hydrogen) atoms. The van der Waals surface area contributed by atoms with Gasteiger partial charge in [0.15, 0.2) is 0 Å². The summed E-state index contributed by atoms with van der Waals surface area (Å²) in [6, 6.07) is 1.56. The Labute approximate surface area is 173 Å². The zero-order valence-electron chi connectivity index (χ0n) is 16.5. The van der Waals surface area contributed by atoms with Crippen molar-refractivity contribution in [2.24, 2.45) is 5.92 Å². The van der Waals surface area contributed by atoms with Gasteiger partial charge in [-0.25, -0.2) is 9.18 Å². The van der Waals surface area contributed by atoms with E-state index in [9.17, 15) is 14.7 Å². The minimum Gasteiger partial charge on any atom is -0.477 e. The van der Waals surface area contributed by atoms with Gasteiger partial charge < -0.3 is 19.9 Å². The second-order valence-electron chi connectivity index (χ2n) is 8.07. The first-order chi connectivity index (χ1) is 13.8. The number of nitrogens with zero attached hydrogens (tertiary/aromatic N) is 2. The molecule has 0 amide bonds. The summed E-state index contributed by atoms with van der Waals surface area (Å²) < 4.78 is 16.9. The van der Waals surface area contributed by atoms with E-state index < -0.39 is 17.2 Å². The minimum atomic E-state index is -1.31. The zero-order valence-corrected chi connectivity index (χ0v) is 17.3. The van der Waals surface area contributed by atoms with E-state index in [2.05, 4.69) is 19.2 Å². The predicted octanol–water partition coefficient (Wildman–Crippen LogP) is 3.65. The highest BCUT2D eigenvalue weighted by Crippen LogP contribution is 2.43. The molecule has 1 saturated carbocycles. The van der Waals surface area contributed by atoms with Gasteiger partial charge in [-0.05, 0) is 44.7 Å². The summed E-state index contributed by atoms with van der Waals surface area (Å²) in [5, 5.41) is 13.0. The molecule has 0 bridgehead atoms. The Morgan fingerprint density at radius 3 is 2.76 bits per heavy atom. The summed E-state index contributed by atoms with van der Waals surface area (Å²) in [5.41, 5.74) is -0.309. The first-order valence-corrected chi connectivity index (χ1v) is 10.5. The van der Waals surface area contributed by atoms with E-state index in [-0.39, 0.29) is 22.0 Å². The highest BCUT2D eigenvalue weighted by atomic mass is 35.5. The van der Waals surface area contributed by atoms with Gasteiger partial charge in [-0.15, -0.1) is 0 Å². The van der Waals surface area contributed by atoms with Crippen molar-refractivity contribution in [2.75, 3.05) is 24.5 Å². The molecule has 2 heterocycles. The molecular formula is C21H25ClFN3O3. The molecule has 1 aliphatic carbocycles. The largest absolute Gasteiger partial charge is 0.477 e. The number of aromatic carboxylic acids is 1. The van der Waals surface area contributed by atoms with Crippen LogP contribution in [0.25, 0.3) is 10.9 Å². The molecule has 2 atom stereocenters. The number of rotatable bonds is 6. The van der Waals surface area contributed by atoms with Gasteiger partial charge in [-0.3, -0.25) is 4.79 Å². The van der Waals surface area contributed by atoms with E-state index in [1.54, 1.807) is 4.57 Å². The van der Waals surface area contributed by atoms with Crippen molar-refractivity contribution in [3.63, 3.8) is 0 Å². The predicted molar refractivity (Wildman–Crippen MR) is 112 cm³/mol. The quantitative estimate of drug-likeness (QED) is 0.744. The van der Waals surface area contributed by atoms with Crippen LogP contribution in [0.5, 0.6) is 0 Å². The van der Waals surface area contributed by atoms with Gasteiger partial charge in [0.2, 0.25) is 5.43 Å². The number of hydrogen-bond donors (Lipinski definition) is 2. The standard InChI is InChI=1S/C21H25ClFN3O3/c1-3-24-11(2)12-6-7-25(9-12)19-16(23)8-14-18(17(19)22)26(13-4-5-13)10-15(20(14)27)21(28)29/h8,10-13,24H,3-7,9H2,1-2H3,(H,28,29)/t11-,12?/m1/s1. The highest BCUT2D eigenvalue weighted by Gasteiger charge is 2.33. The summed E-state index contributed by atoms with van der Waals surface area (Å²) in [4.78, 5) is 26.1.